The van der Waals surface area contributed by atoms with Gasteiger partial charge in [0.2, 0.25) is 11.2 Å². The highest BCUT2D eigenvalue weighted by Gasteiger charge is 2.57. The third-order valence-corrected chi connectivity index (χ3v) is 11.0. The van der Waals surface area contributed by atoms with Crippen molar-refractivity contribution in [3.05, 3.63) is 213 Å². The summed E-state index contributed by atoms with van der Waals surface area (Å²) < 4.78 is 185. The molecule has 0 aliphatic carbocycles. The van der Waals surface area contributed by atoms with E-state index in [1.165, 1.54) is 123 Å². The number of hydrogen-bond acceptors (Lipinski definition) is 8. The minimum absolute atomic E-state index is 0.0852. The smallest absolute Gasteiger partial charge is 0.419 e. The van der Waals surface area contributed by atoms with Gasteiger partial charge in [0.1, 0.15) is 45.0 Å². The van der Waals surface area contributed by atoms with Gasteiger partial charge in [0.05, 0.1) is 23.5 Å². The van der Waals surface area contributed by atoms with Crippen LogP contribution < -0.4 is 0 Å². The molecule has 0 saturated heterocycles. The van der Waals surface area contributed by atoms with Crippen molar-refractivity contribution in [2.24, 2.45) is 28.2 Å². The fourth-order valence-electron chi connectivity index (χ4n) is 8.01. The lowest BCUT2D eigenvalue weighted by molar-refractivity contribution is -0.143. The summed E-state index contributed by atoms with van der Waals surface area (Å²) in [6.07, 6.45) is -18.0. The van der Waals surface area contributed by atoms with E-state index in [0.29, 0.717) is 24.8 Å². The average molecular weight is 1020 g/mol. The van der Waals surface area contributed by atoms with Crippen LogP contribution in [0.4, 0.5) is 52.7 Å². The highest BCUT2D eigenvalue weighted by atomic mass is 19.4. The lowest BCUT2D eigenvalue weighted by atomic mass is 9.82. The first kappa shape index (κ1) is 51.7. The van der Waals surface area contributed by atoms with Crippen molar-refractivity contribution in [1.82, 2.24) is 39.1 Å². The maximum Gasteiger partial charge on any atom is 0.419 e. The molecule has 24 heteroatoms. The fraction of sp³-hybridized carbons (Fsp3) is 0.208. The van der Waals surface area contributed by atoms with Crippen molar-refractivity contribution in [2.45, 2.75) is 35.9 Å². The van der Waals surface area contributed by atoms with Gasteiger partial charge in [-0.2, -0.15) is 73.1 Å². The molecule has 0 spiro atoms. The molecule has 8 rings (SSSR count). The van der Waals surface area contributed by atoms with Gasteiger partial charge in [-0.15, -0.1) is 0 Å². The molecular formula is C48H36F12N8O4. The number of esters is 2. The number of hydrogen-bond donors (Lipinski definition) is 0. The first-order valence-corrected chi connectivity index (χ1v) is 20.8. The van der Waals surface area contributed by atoms with Crippen LogP contribution >= 0.6 is 0 Å². The van der Waals surface area contributed by atoms with Crippen LogP contribution in [0.15, 0.2) is 146 Å². The monoisotopic (exact) mass is 1020 g/mol. The molecule has 376 valence electrons. The molecule has 8 aromatic rings. The Morgan fingerprint density at radius 2 is 0.694 bits per heavy atom. The van der Waals surface area contributed by atoms with Crippen LogP contribution in [0, 0.1) is 0 Å². The zero-order valence-electron chi connectivity index (χ0n) is 37.6. The van der Waals surface area contributed by atoms with Crippen molar-refractivity contribution in [3.63, 3.8) is 0 Å². The third-order valence-electron chi connectivity index (χ3n) is 11.0. The molecule has 0 bridgehead atoms. The Labute approximate surface area is 399 Å². The predicted octanol–water partition coefficient (Wildman–Crippen LogP) is 10.7. The fourth-order valence-corrected chi connectivity index (χ4v) is 8.01. The van der Waals surface area contributed by atoms with Crippen LogP contribution in [-0.2, 0) is 73.6 Å². The minimum atomic E-state index is -5.05. The SMILES string of the molecule is Cn1cc(C(F)(F)F)c([C@@](OC(=O)c2ccccc2)(c2ccccc2)c2c(C(F)(F)F)cnn2C)n1.Cn1cc(C(F)(F)F)c([C@](OC(=O)c2ccccc2)(c2ccccc2)c2c(C(F)(F)F)cnn2C)n1. The number of alkyl halides is 12. The maximum atomic E-state index is 14.2. The number of carbonyl (C=O) groups is 2. The molecule has 12 nitrogen and oxygen atoms in total. The van der Waals surface area contributed by atoms with E-state index in [4.69, 9.17) is 9.47 Å². The molecule has 72 heavy (non-hydrogen) atoms. The van der Waals surface area contributed by atoms with E-state index in [1.54, 1.807) is 12.1 Å². The van der Waals surface area contributed by atoms with Crippen LogP contribution in [0.5, 0.6) is 0 Å². The number of halogens is 12. The van der Waals surface area contributed by atoms with E-state index in [-0.39, 0.29) is 22.3 Å². The van der Waals surface area contributed by atoms with E-state index >= 15 is 0 Å². The third kappa shape index (κ3) is 9.92. The number of ether oxygens (including phenoxy) is 2. The summed E-state index contributed by atoms with van der Waals surface area (Å²) in [6, 6.07) is 28.1. The Morgan fingerprint density at radius 3 is 0.972 bits per heavy atom. The molecule has 4 heterocycles. The Morgan fingerprint density at radius 1 is 0.417 bits per heavy atom. The molecule has 4 aromatic carbocycles. The van der Waals surface area contributed by atoms with Crippen LogP contribution in [-0.4, -0.2) is 51.1 Å². The molecule has 0 amide bonds. The van der Waals surface area contributed by atoms with E-state index in [0.717, 1.165) is 32.8 Å². The number of aromatic nitrogens is 8. The average Bonchev–Trinajstić information content (AvgIpc) is 4.14. The first-order valence-electron chi connectivity index (χ1n) is 20.8. The quantitative estimate of drug-likeness (QED) is 0.0980. The molecule has 0 saturated carbocycles. The molecular weight excluding hydrogens is 981 g/mol. The largest absolute Gasteiger partial charge is 0.437 e. The second-order valence-corrected chi connectivity index (χ2v) is 15.8. The van der Waals surface area contributed by atoms with Gasteiger partial charge >= 0.3 is 36.6 Å². The summed E-state index contributed by atoms with van der Waals surface area (Å²) in [6.45, 7) is 0. The summed E-state index contributed by atoms with van der Waals surface area (Å²) in [5, 5.41) is 15.1. The predicted molar refractivity (Wildman–Crippen MR) is 229 cm³/mol. The molecule has 4 aromatic heterocycles. The van der Waals surface area contributed by atoms with E-state index in [2.05, 4.69) is 20.4 Å². The lowest BCUT2D eigenvalue weighted by Crippen LogP contribution is -2.41. The minimum Gasteiger partial charge on any atom is -0.437 e. The highest BCUT2D eigenvalue weighted by molar-refractivity contribution is 5.91. The summed E-state index contributed by atoms with van der Waals surface area (Å²) in [7, 11) is 4.60. The van der Waals surface area contributed by atoms with Crippen molar-refractivity contribution >= 4 is 11.9 Å². The van der Waals surface area contributed by atoms with Crippen LogP contribution in [0.1, 0.15) is 76.9 Å². The molecule has 0 aliphatic heterocycles. The zero-order valence-corrected chi connectivity index (χ0v) is 37.6. The number of rotatable bonds is 10. The molecule has 2 atom stereocenters. The summed E-state index contributed by atoms with van der Waals surface area (Å²) in [4.78, 5) is 26.6. The number of carbonyl (C=O) groups excluding carboxylic acids is 2. The van der Waals surface area contributed by atoms with Gasteiger partial charge in [-0.3, -0.25) is 18.7 Å². The van der Waals surface area contributed by atoms with Gasteiger partial charge in [0.15, 0.2) is 0 Å². The molecule has 0 unspecified atom stereocenters. The number of aryl methyl sites for hydroxylation is 4. The summed E-state index contributed by atoms with van der Waals surface area (Å²) in [5.74, 6) is -2.32. The van der Waals surface area contributed by atoms with Gasteiger partial charge in [0.25, 0.3) is 0 Å². The van der Waals surface area contributed by atoms with Crippen LogP contribution in [0.2, 0.25) is 0 Å². The molecule has 0 fully saturated rings. The van der Waals surface area contributed by atoms with Crippen LogP contribution in [0.25, 0.3) is 0 Å². The standard InChI is InChI=1S/2C24H18F6N4O2/c2*1-33-14-18(24(28,29)30)19(32-33)22(16-11-7-4-8-12-16,36-21(35)15-9-5-3-6-10-15)20-17(23(25,26)27)13-31-34(20)2/h2*3-14H,1-2H3/t2*22-/m10/s1. The Balaban J connectivity index is 0.000000211. The summed E-state index contributed by atoms with van der Waals surface area (Å²) in [5.41, 5.74) is -15.2. The Bertz CT molecular complexity index is 2970. The molecule has 0 aliphatic rings. The van der Waals surface area contributed by atoms with E-state index in [1.807, 2.05) is 0 Å². The maximum absolute atomic E-state index is 14.2. The van der Waals surface area contributed by atoms with Crippen molar-refractivity contribution in [1.29, 1.82) is 0 Å². The molecule has 0 N–H and O–H groups in total. The van der Waals surface area contributed by atoms with Gasteiger partial charge in [-0.05, 0) is 24.3 Å². The number of nitrogens with zero attached hydrogens (tertiary/aromatic N) is 8. The number of benzene rings is 4. The Hall–Kier alpha value is -8.18. The second kappa shape index (κ2) is 19.2. The van der Waals surface area contributed by atoms with E-state index in [9.17, 15) is 62.3 Å². The lowest BCUT2D eigenvalue weighted by Gasteiger charge is -2.35. The molecule has 0 radical (unpaired) electrons. The topological polar surface area (TPSA) is 124 Å². The van der Waals surface area contributed by atoms with Gasteiger partial charge in [-0.25, -0.2) is 9.59 Å². The van der Waals surface area contributed by atoms with Gasteiger partial charge in [-0.1, -0.05) is 97.1 Å². The van der Waals surface area contributed by atoms with Crippen molar-refractivity contribution < 1.29 is 71.7 Å². The van der Waals surface area contributed by atoms with Gasteiger partial charge < -0.3 is 9.47 Å². The van der Waals surface area contributed by atoms with Crippen molar-refractivity contribution in [2.75, 3.05) is 0 Å². The van der Waals surface area contributed by atoms with Crippen LogP contribution in [0.3, 0.4) is 0 Å². The van der Waals surface area contributed by atoms with Crippen molar-refractivity contribution in [3.8, 4) is 0 Å². The van der Waals surface area contributed by atoms with E-state index < -0.39 is 92.9 Å². The first-order chi connectivity index (χ1) is 33.7. The second-order valence-electron chi connectivity index (χ2n) is 15.8. The Kier molecular flexibility index (Phi) is 13.8. The highest BCUT2D eigenvalue weighted by Crippen LogP contribution is 2.51. The zero-order chi connectivity index (χ0) is 52.6. The normalized spacial score (nSPS) is 13.9. The summed E-state index contributed by atoms with van der Waals surface area (Å²) >= 11 is 0. The van der Waals surface area contributed by atoms with Gasteiger partial charge in [0, 0.05) is 51.7 Å².